The quantitative estimate of drug-likeness (QED) is 0.428. The van der Waals surface area contributed by atoms with Crippen LogP contribution in [0.25, 0.3) is 10.9 Å². The molecule has 0 saturated heterocycles. The summed E-state index contributed by atoms with van der Waals surface area (Å²) < 4.78 is 17.9. The van der Waals surface area contributed by atoms with E-state index in [-0.39, 0.29) is 18.3 Å². The normalized spacial score (nSPS) is 11.0. The third-order valence-electron chi connectivity index (χ3n) is 5.31. The predicted octanol–water partition coefficient (Wildman–Crippen LogP) is 4.72. The molecule has 0 aliphatic rings. The first-order valence-corrected chi connectivity index (χ1v) is 10.2. The summed E-state index contributed by atoms with van der Waals surface area (Å²) in [4.78, 5) is 17.2. The van der Waals surface area contributed by atoms with Crippen LogP contribution in [0.5, 0.6) is 0 Å². The van der Waals surface area contributed by atoms with Crippen molar-refractivity contribution >= 4 is 22.6 Å². The lowest BCUT2D eigenvalue weighted by molar-refractivity contribution is 0.101. The van der Waals surface area contributed by atoms with Gasteiger partial charge in [-0.25, -0.2) is 4.39 Å². The largest absolute Gasteiger partial charge is 0.332 e. The fourth-order valence-corrected chi connectivity index (χ4v) is 3.74. The number of halogens is 1. The number of pyridine rings is 1. The molecule has 0 aliphatic heterocycles. The van der Waals surface area contributed by atoms with Gasteiger partial charge in [-0.15, -0.1) is 0 Å². The molecular formula is C25H20FN5O. The maximum atomic E-state index is 14.3. The van der Waals surface area contributed by atoms with Crippen molar-refractivity contribution in [2.45, 2.75) is 13.1 Å². The summed E-state index contributed by atoms with van der Waals surface area (Å²) in [5.74, 6) is -0.148. The highest BCUT2D eigenvalue weighted by molar-refractivity contribution is 6.06. The van der Waals surface area contributed by atoms with Crippen LogP contribution < -0.4 is 5.32 Å². The Morgan fingerprint density at radius 3 is 2.56 bits per heavy atom. The summed E-state index contributed by atoms with van der Waals surface area (Å²) in [6.07, 6.45) is 5.27. The summed E-state index contributed by atoms with van der Waals surface area (Å²) in [6.45, 7) is 0.825. The Morgan fingerprint density at radius 2 is 1.72 bits per heavy atom. The number of hydrogen-bond donors (Lipinski definition) is 1. The predicted molar refractivity (Wildman–Crippen MR) is 121 cm³/mol. The Hall–Kier alpha value is -4.26. The third-order valence-corrected chi connectivity index (χ3v) is 5.31. The highest BCUT2D eigenvalue weighted by Gasteiger charge is 2.18. The molecule has 6 nitrogen and oxygen atoms in total. The van der Waals surface area contributed by atoms with Crippen molar-refractivity contribution < 1.29 is 9.18 Å². The number of amides is 1. The van der Waals surface area contributed by atoms with Crippen molar-refractivity contribution in [1.82, 2.24) is 19.3 Å². The zero-order chi connectivity index (χ0) is 21.9. The van der Waals surface area contributed by atoms with Gasteiger partial charge in [0.25, 0.3) is 5.91 Å². The molecule has 2 aromatic carbocycles. The number of carbonyl (C=O) groups excluding carboxylic acids is 1. The molecule has 0 radical (unpaired) electrons. The molecule has 0 fully saturated rings. The molecule has 5 aromatic rings. The van der Waals surface area contributed by atoms with E-state index in [0.717, 1.165) is 16.5 Å². The van der Waals surface area contributed by atoms with E-state index >= 15 is 0 Å². The van der Waals surface area contributed by atoms with Crippen LogP contribution in [0.2, 0.25) is 0 Å². The lowest BCUT2D eigenvalue weighted by Gasteiger charge is -2.11. The zero-order valence-corrected chi connectivity index (χ0v) is 17.1. The zero-order valence-electron chi connectivity index (χ0n) is 17.1. The van der Waals surface area contributed by atoms with Crippen molar-refractivity contribution in [3.8, 4) is 0 Å². The van der Waals surface area contributed by atoms with E-state index in [0.29, 0.717) is 23.6 Å². The van der Waals surface area contributed by atoms with E-state index in [1.807, 2.05) is 53.2 Å². The molecule has 1 N–H and O–H groups in total. The lowest BCUT2D eigenvalue weighted by atomic mass is 10.2. The van der Waals surface area contributed by atoms with Crippen LogP contribution in [0.3, 0.4) is 0 Å². The Balaban J connectivity index is 1.42. The van der Waals surface area contributed by atoms with Crippen molar-refractivity contribution in [3.05, 3.63) is 114 Å². The molecule has 0 bridgehead atoms. The van der Waals surface area contributed by atoms with E-state index in [4.69, 9.17) is 0 Å². The van der Waals surface area contributed by atoms with Crippen molar-refractivity contribution in [3.63, 3.8) is 0 Å². The van der Waals surface area contributed by atoms with Gasteiger partial charge >= 0.3 is 0 Å². The summed E-state index contributed by atoms with van der Waals surface area (Å²) in [7, 11) is 0. The number of aromatic nitrogens is 4. The van der Waals surface area contributed by atoms with Crippen LogP contribution in [0.1, 0.15) is 21.6 Å². The van der Waals surface area contributed by atoms with E-state index in [2.05, 4.69) is 15.4 Å². The van der Waals surface area contributed by atoms with E-state index in [1.54, 1.807) is 41.3 Å². The molecule has 3 heterocycles. The van der Waals surface area contributed by atoms with Gasteiger partial charge in [0, 0.05) is 41.1 Å². The van der Waals surface area contributed by atoms with Gasteiger partial charge in [0.15, 0.2) is 5.82 Å². The molecule has 0 atom stereocenters. The van der Waals surface area contributed by atoms with Gasteiger partial charge in [-0.1, -0.05) is 36.4 Å². The van der Waals surface area contributed by atoms with Gasteiger partial charge in [0.2, 0.25) is 0 Å². The number of nitrogens with one attached hydrogen (secondary N) is 1. The molecule has 3 aromatic heterocycles. The number of hydrogen-bond acceptors (Lipinski definition) is 3. The van der Waals surface area contributed by atoms with Crippen molar-refractivity contribution in [2.24, 2.45) is 0 Å². The van der Waals surface area contributed by atoms with Crippen LogP contribution >= 0.6 is 0 Å². The van der Waals surface area contributed by atoms with Crippen LogP contribution in [0, 0.1) is 5.82 Å². The lowest BCUT2D eigenvalue weighted by Crippen LogP contribution is -2.18. The maximum Gasteiger partial charge on any atom is 0.273 e. The smallest absolute Gasteiger partial charge is 0.273 e. The minimum Gasteiger partial charge on any atom is -0.332 e. The molecule has 32 heavy (non-hydrogen) atoms. The number of carbonyl (C=O) groups is 1. The Bertz CT molecular complexity index is 1390. The number of nitrogens with zero attached hydrogens (tertiary/aromatic N) is 4. The van der Waals surface area contributed by atoms with Crippen LogP contribution in [-0.4, -0.2) is 25.2 Å². The van der Waals surface area contributed by atoms with Gasteiger partial charge in [0.1, 0.15) is 11.5 Å². The molecule has 0 saturated carbocycles. The molecular weight excluding hydrogens is 405 g/mol. The topological polar surface area (TPSA) is 64.7 Å². The Kier molecular flexibility index (Phi) is 5.21. The van der Waals surface area contributed by atoms with E-state index < -0.39 is 0 Å². The molecule has 0 spiro atoms. The minimum absolute atomic E-state index is 0.249. The number of rotatable bonds is 6. The first-order chi connectivity index (χ1) is 15.7. The average molecular weight is 425 g/mol. The number of anilines is 1. The number of fused-ring (bicyclic) bond motifs is 1. The van der Waals surface area contributed by atoms with Crippen LogP contribution in [0.15, 0.2) is 91.4 Å². The fourth-order valence-electron chi connectivity index (χ4n) is 3.74. The fraction of sp³-hybridized carbons (Fsp3) is 0.0800. The molecule has 7 heteroatoms. The molecule has 158 valence electrons. The van der Waals surface area contributed by atoms with E-state index in [9.17, 15) is 9.18 Å². The monoisotopic (exact) mass is 425 g/mol. The second kappa shape index (κ2) is 8.47. The summed E-state index contributed by atoms with van der Waals surface area (Å²) in [5, 5.41) is 8.23. The highest BCUT2D eigenvalue weighted by Crippen LogP contribution is 2.23. The Labute approximate surface area is 184 Å². The van der Waals surface area contributed by atoms with Gasteiger partial charge in [-0.3, -0.25) is 14.5 Å². The number of para-hydroxylation sites is 1. The highest BCUT2D eigenvalue weighted by atomic mass is 19.1. The Morgan fingerprint density at radius 1 is 0.938 bits per heavy atom. The van der Waals surface area contributed by atoms with Gasteiger partial charge in [-0.2, -0.15) is 5.10 Å². The number of benzene rings is 2. The maximum absolute atomic E-state index is 14.3. The van der Waals surface area contributed by atoms with Gasteiger partial charge in [-0.05, 0) is 35.9 Å². The third kappa shape index (κ3) is 4.00. The first kappa shape index (κ1) is 19.7. The van der Waals surface area contributed by atoms with E-state index in [1.165, 1.54) is 6.07 Å². The van der Waals surface area contributed by atoms with Crippen molar-refractivity contribution in [1.29, 1.82) is 0 Å². The van der Waals surface area contributed by atoms with Crippen LogP contribution in [-0.2, 0) is 13.1 Å². The second-order valence-electron chi connectivity index (χ2n) is 7.47. The minimum atomic E-state index is -0.300. The molecule has 1 amide bonds. The standard InChI is InChI=1S/C25H20FN5O/c26-21-7-3-1-6-20(21)17-31-22-8-4-2-5-19(22)15-23(31)25(32)28-24-11-14-30(29-24)16-18-9-12-27-13-10-18/h1-15H,16-17H2,(H,28,29,32). The molecule has 0 aliphatic carbocycles. The molecule has 5 rings (SSSR count). The SMILES string of the molecule is O=C(Nc1ccn(Cc2ccncc2)n1)c1cc2ccccc2n1Cc1ccccc1F. The van der Waals surface area contributed by atoms with Gasteiger partial charge in [0.05, 0.1) is 13.1 Å². The summed E-state index contributed by atoms with van der Waals surface area (Å²) >= 11 is 0. The second-order valence-corrected chi connectivity index (χ2v) is 7.47. The van der Waals surface area contributed by atoms with Crippen molar-refractivity contribution in [2.75, 3.05) is 5.32 Å². The van der Waals surface area contributed by atoms with Crippen LogP contribution in [0.4, 0.5) is 10.2 Å². The average Bonchev–Trinajstić information content (AvgIpc) is 3.40. The molecule has 0 unspecified atom stereocenters. The summed E-state index contributed by atoms with van der Waals surface area (Å²) in [5.41, 5.74) is 2.89. The first-order valence-electron chi connectivity index (χ1n) is 10.2. The van der Waals surface area contributed by atoms with Gasteiger partial charge < -0.3 is 9.88 Å². The summed E-state index contributed by atoms with van der Waals surface area (Å²) in [6, 6.07) is 21.7.